The molecule has 2 bridgehead atoms. The molecule has 3 aliphatic rings. The van der Waals surface area contributed by atoms with E-state index in [1.807, 2.05) is 0 Å². The Morgan fingerprint density at radius 3 is 2.89 bits per heavy atom. The van der Waals surface area contributed by atoms with Gasteiger partial charge in [0.1, 0.15) is 6.10 Å². The van der Waals surface area contributed by atoms with Crippen LogP contribution < -0.4 is 0 Å². The van der Waals surface area contributed by atoms with Gasteiger partial charge in [-0.15, -0.1) is 0 Å². The lowest BCUT2D eigenvalue weighted by molar-refractivity contribution is -0.256. The van der Waals surface area contributed by atoms with Crippen molar-refractivity contribution in [3.63, 3.8) is 0 Å². The van der Waals surface area contributed by atoms with Crippen molar-refractivity contribution in [3.05, 3.63) is 12.2 Å². The number of rotatable bonds is 1. The van der Waals surface area contributed by atoms with Crippen LogP contribution in [0.5, 0.6) is 0 Å². The van der Waals surface area contributed by atoms with Crippen molar-refractivity contribution in [2.75, 3.05) is 7.11 Å². The SMILES string of the molecule is CO[C@]12CC[C@](C)(C[C@H]3OC(=O)C[C@H]3/C=C\[C@H]1C)O2. The van der Waals surface area contributed by atoms with Crippen molar-refractivity contribution in [3.8, 4) is 0 Å². The van der Waals surface area contributed by atoms with E-state index in [0.717, 1.165) is 19.3 Å². The first-order valence-electron chi connectivity index (χ1n) is 7.09. The normalized spacial score (nSPS) is 50.9. The van der Waals surface area contributed by atoms with Crippen LogP contribution in [-0.4, -0.2) is 30.6 Å². The third-order valence-electron chi connectivity index (χ3n) is 4.90. The molecule has 0 aromatic heterocycles. The number of carbonyl (C=O) groups excluding carboxylic acids is 1. The number of methoxy groups -OCH3 is 1. The third-order valence-corrected chi connectivity index (χ3v) is 4.90. The van der Waals surface area contributed by atoms with Crippen molar-refractivity contribution in [1.82, 2.24) is 0 Å². The van der Waals surface area contributed by atoms with E-state index in [1.165, 1.54) is 0 Å². The molecule has 2 saturated heterocycles. The van der Waals surface area contributed by atoms with Crippen molar-refractivity contribution in [2.45, 2.75) is 57.0 Å². The lowest BCUT2D eigenvalue weighted by Gasteiger charge is -2.35. The van der Waals surface area contributed by atoms with Gasteiger partial charge in [0.05, 0.1) is 12.0 Å². The minimum absolute atomic E-state index is 0.0493. The fraction of sp³-hybridized carbons (Fsp3) is 0.800. The van der Waals surface area contributed by atoms with E-state index in [1.54, 1.807) is 7.11 Å². The molecular weight excluding hydrogens is 244 g/mol. The topological polar surface area (TPSA) is 44.8 Å². The number of hydrogen-bond donors (Lipinski definition) is 0. The Kier molecular flexibility index (Phi) is 2.98. The molecule has 0 unspecified atom stereocenters. The molecule has 0 radical (unpaired) electrons. The van der Waals surface area contributed by atoms with E-state index in [4.69, 9.17) is 14.2 Å². The standard InChI is InChI=1S/C15H22O4/c1-10-4-5-11-8-13(16)18-12(11)9-14(2)6-7-15(10,17-3)19-14/h4-5,10-12H,6-9H2,1-3H3/b5-4-/t10-,11-,12-,14-,15+/m1/s1. The highest BCUT2D eigenvalue weighted by Gasteiger charge is 2.52. The molecule has 4 nitrogen and oxygen atoms in total. The first-order chi connectivity index (χ1) is 8.96. The molecule has 4 heteroatoms. The summed E-state index contributed by atoms with van der Waals surface area (Å²) in [5, 5.41) is 0. The van der Waals surface area contributed by atoms with Gasteiger partial charge in [-0.05, 0) is 13.3 Å². The fourth-order valence-electron chi connectivity index (χ4n) is 3.65. The first-order valence-corrected chi connectivity index (χ1v) is 7.09. The van der Waals surface area contributed by atoms with Crippen LogP contribution in [0.15, 0.2) is 12.2 Å². The average molecular weight is 266 g/mol. The van der Waals surface area contributed by atoms with E-state index in [-0.39, 0.29) is 29.5 Å². The number of esters is 1. The van der Waals surface area contributed by atoms with Crippen molar-refractivity contribution in [2.24, 2.45) is 11.8 Å². The smallest absolute Gasteiger partial charge is 0.306 e. The third kappa shape index (κ3) is 2.11. The summed E-state index contributed by atoms with van der Waals surface area (Å²) in [6.45, 7) is 4.22. The Morgan fingerprint density at radius 2 is 2.16 bits per heavy atom. The van der Waals surface area contributed by atoms with E-state index in [2.05, 4.69) is 26.0 Å². The second kappa shape index (κ2) is 4.32. The lowest BCUT2D eigenvalue weighted by atomic mass is 9.85. The van der Waals surface area contributed by atoms with Crippen LogP contribution in [0, 0.1) is 11.8 Å². The summed E-state index contributed by atoms with van der Waals surface area (Å²) in [4.78, 5) is 11.5. The Bertz CT molecular complexity index is 418. The van der Waals surface area contributed by atoms with Crippen LogP contribution in [0.4, 0.5) is 0 Å². The summed E-state index contributed by atoms with van der Waals surface area (Å²) >= 11 is 0. The molecular formula is C15H22O4. The summed E-state index contributed by atoms with van der Waals surface area (Å²) in [5.41, 5.74) is -0.260. The second-order valence-electron chi connectivity index (χ2n) is 6.34. The molecule has 0 amide bonds. The molecule has 0 aliphatic carbocycles. The van der Waals surface area contributed by atoms with Gasteiger partial charge < -0.3 is 14.2 Å². The predicted octanol–water partition coefficient (Wildman–Crippen LogP) is 2.43. The maximum absolute atomic E-state index is 11.5. The summed E-state index contributed by atoms with van der Waals surface area (Å²) in [5.74, 6) is -0.252. The highest BCUT2D eigenvalue weighted by molar-refractivity contribution is 5.72. The molecule has 5 atom stereocenters. The van der Waals surface area contributed by atoms with Gasteiger partial charge in [0.2, 0.25) is 0 Å². The Balaban J connectivity index is 1.94. The zero-order valence-corrected chi connectivity index (χ0v) is 11.8. The molecule has 0 aromatic carbocycles. The molecule has 0 N–H and O–H groups in total. The second-order valence-corrected chi connectivity index (χ2v) is 6.34. The van der Waals surface area contributed by atoms with Gasteiger partial charge in [-0.3, -0.25) is 4.79 Å². The minimum Gasteiger partial charge on any atom is -0.462 e. The molecule has 106 valence electrons. The fourth-order valence-corrected chi connectivity index (χ4v) is 3.65. The highest BCUT2D eigenvalue weighted by Crippen LogP contribution is 2.48. The quantitative estimate of drug-likeness (QED) is 0.540. The molecule has 2 fully saturated rings. The van der Waals surface area contributed by atoms with Crippen molar-refractivity contribution < 1.29 is 19.0 Å². The van der Waals surface area contributed by atoms with Crippen LogP contribution in [0.25, 0.3) is 0 Å². The van der Waals surface area contributed by atoms with Crippen LogP contribution in [0.2, 0.25) is 0 Å². The van der Waals surface area contributed by atoms with Gasteiger partial charge in [-0.25, -0.2) is 0 Å². The summed E-state index contributed by atoms with van der Waals surface area (Å²) < 4.78 is 17.5. The van der Waals surface area contributed by atoms with E-state index in [9.17, 15) is 4.79 Å². The van der Waals surface area contributed by atoms with Crippen LogP contribution in [-0.2, 0) is 19.0 Å². The van der Waals surface area contributed by atoms with Crippen LogP contribution in [0.1, 0.15) is 39.5 Å². The summed E-state index contributed by atoms with van der Waals surface area (Å²) in [6, 6.07) is 0. The minimum atomic E-state index is -0.520. The maximum Gasteiger partial charge on any atom is 0.306 e. The van der Waals surface area contributed by atoms with Gasteiger partial charge in [0.25, 0.3) is 0 Å². The molecule has 0 aromatic rings. The lowest BCUT2D eigenvalue weighted by Crippen LogP contribution is -2.41. The molecule has 3 heterocycles. The molecule has 3 rings (SSSR count). The highest BCUT2D eigenvalue weighted by atomic mass is 16.7. The van der Waals surface area contributed by atoms with Crippen molar-refractivity contribution >= 4 is 5.97 Å². The van der Waals surface area contributed by atoms with E-state index < -0.39 is 5.79 Å². The van der Waals surface area contributed by atoms with Crippen molar-refractivity contribution in [1.29, 1.82) is 0 Å². The number of carbonyl (C=O) groups is 1. The summed E-state index contributed by atoms with van der Waals surface area (Å²) in [7, 11) is 1.72. The number of fused-ring (bicyclic) bond motifs is 3. The summed E-state index contributed by atoms with van der Waals surface area (Å²) in [6.07, 6.45) is 7.27. The Morgan fingerprint density at radius 1 is 1.37 bits per heavy atom. The van der Waals surface area contributed by atoms with Crippen LogP contribution >= 0.6 is 0 Å². The molecule has 0 spiro atoms. The van der Waals surface area contributed by atoms with Crippen LogP contribution in [0.3, 0.4) is 0 Å². The number of ether oxygens (including phenoxy) is 3. The molecule has 19 heavy (non-hydrogen) atoms. The first kappa shape index (κ1) is 13.1. The Hall–Kier alpha value is -0.870. The number of hydrogen-bond acceptors (Lipinski definition) is 4. The maximum atomic E-state index is 11.5. The van der Waals surface area contributed by atoms with Gasteiger partial charge in [0.15, 0.2) is 5.79 Å². The molecule has 3 aliphatic heterocycles. The van der Waals surface area contributed by atoms with Gasteiger partial charge in [-0.2, -0.15) is 0 Å². The van der Waals surface area contributed by atoms with Gasteiger partial charge >= 0.3 is 5.97 Å². The average Bonchev–Trinajstić information content (AvgIpc) is 2.88. The monoisotopic (exact) mass is 266 g/mol. The zero-order valence-electron chi connectivity index (χ0n) is 11.8. The van der Waals surface area contributed by atoms with Gasteiger partial charge in [-0.1, -0.05) is 19.1 Å². The predicted molar refractivity (Wildman–Crippen MR) is 69.4 cm³/mol. The molecule has 0 saturated carbocycles. The zero-order chi connectivity index (χ0) is 13.7. The van der Waals surface area contributed by atoms with E-state index >= 15 is 0 Å². The largest absolute Gasteiger partial charge is 0.462 e. The Labute approximate surface area is 114 Å². The van der Waals surface area contributed by atoms with Gasteiger partial charge in [0, 0.05) is 31.8 Å². The van der Waals surface area contributed by atoms with E-state index in [0.29, 0.717) is 6.42 Å².